The Bertz CT molecular complexity index is 1030. The molecule has 2 atom stereocenters. The van der Waals surface area contributed by atoms with Crippen molar-refractivity contribution in [3.8, 4) is 0 Å². The second-order valence-corrected chi connectivity index (χ2v) is 7.95. The Balaban J connectivity index is 1.42. The molecule has 160 valence electrons. The second kappa shape index (κ2) is 8.34. The average molecular weight is 420 g/mol. The smallest absolute Gasteiger partial charge is 0.313 e. The van der Waals surface area contributed by atoms with Gasteiger partial charge in [-0.3, -0.25) is 19.2 Å². The molecular weight excluding hydrogens is 396 g/mol. The quantitative estimate of drug-likeness (QED) is 0.529. The van der Waals surface area contributed by atoms with Gasteiger partial charge in [0.2, 0.25) is 5.91 Å². The number of para-hydroxylation sites is 1. The first-order chi connectivity index (χ1) is 14.9. The Morgan fingerprint density at radius 2 is 1.65 bits per heavy atom. The zero-order chi connectivity index (χ0) is 22.1. The number of rotatable bonds is 6. The predicted molar refractivity (Wildman–Crippen MR) is 114 cm³/mol. The lowest BCUT2D eigenvalue weighted by atomic mass is 9.96. The van der Waals surface area contributed by atoms with Gasteiger partial charge in [-0.15, -0.1) is 0 Å². The molecule has 7 nitrogen and oxygen atoms in total. The number of benzene rings is 2. The van der Waals surface area contributed by atoms with Gasteiger partial charge in [0.25, 0.3) is 11.8 Å². The molecule has 2 aliphatic rings. The number of hydrogen-bond donors (Lipinski definition) is 0. The van der Waals surface area contributed by atoms with Gasteiger partial charge in [0.1, 0.15) is 0 Å². The molecule has 3 amide bonds. The molecular formula is C24H24N2O5. The van der Waals surface area contributed by atoms with E-state index < -0.39 is 30.4 Å². The molecule has 0 radical (unpaired) electrons. The fourth-order valence-corrected chi connectivity index (χ4v) is 4.07. The maximum absolute atomic E-state index is 12.7. The van der Waals surface area contributed by atoms with E-state index in [2.05, 4.69) is 13.8 Å². The van der Waals surface area contributed by atoms with Crippen LogP contribution in [-0.4, -0.2) is 41.9 Å². The highest BCUT2D eigenvalue weighted by Crippen LogP contribution is 2.34. The lowest BCUT2D eigenvalue weighted by molar-refractivity contribution is -0.151. The van der Waals surface area contributed by atoms with Crippen molar-refractivity contribution in [1.29, 1.82) is 0 Å². The topological polar surface area (TPSA) is 84.0 Å². The minimum absolute atomic E-state index is 0.0375. The van der Waals surface area contributed by atoms with Gasteiger partial charge in [-0.05, 0) is 36.1 Å². The summed E-state index contributed by atoms with van der Waals surface area (Å²) in [4.78, 5) is 52.7. The van der Waals surface area contributed by atoms with Crippen molar-refractivity contribution in [3.63, 3.8) is 0 Å². The van der Waals surface area contributed by atoms with Crippen LogP contribution in [0.2, 0.25) is 0 Å². The molecule has 2 aliphatic heterocycles. The number of carbonyl (C=O) groups excluding carboxylic acids is 4. The summed E-state index contributed by atoms with van der Waals surface area (Å²) in [7, 11) is 0. The number of carbonyl (C=O) groups is 4. The van der Waals surface area contributed by atoms with Crippen LogP contribution < -0.4 is 4.90 Å². The molecule has 1 fully saturated rings. The van der Waals surface area contributed by atoms with Crippen LogP contribution in [0.4, 0.5) is 5.69 Å². The molecule has 2 heterocycles. The van der Waals surface area contributed by atoms with Gasteiger partial charge in [-0.2, -0.15) is 0 Å². The van der Waals surface area contributed by atoms with E-state index in [1.54, 1.807) is 29.2 Å². The van der Waals surface area contributed by atoms with Gasteiger partial charge < -0.3 is 9.64 Å². The van der Waals surface area contributed by atoms with Gasteiger partial charge in [-0.25, -0.2) is 4.90 Å². The minimum atomic E-state index is -0.646. The Labute approximate surface area is 180 Å². The summed E-state index contributed by atoms with van der Waals surface area (Å²) in [5.41, 5.74) is 2.48. The third-order valence-corrected chi connectivity index (χ3v) is 6.04. The summed E-state index contributed by atoms with van der Waals surface area (Å²) in [5, 5.41) is 0. The van der Waals surface area contributed by atoms with E-state index in [4.69, 9.17) is 4.74 Å². The molecule has 31 heavy (non-hydrogen) atoms. The summed E-state index contributed by atoms with van der Waals surface area (Å²) in [6.07, 6.45) is 0.973. The molecule has 0 bridgehead atoms. The van der Waals surface area contributed by atoms with Crippen molar-refractivity contribution < 1.29 is 23.9 Å². The van der Waals surface area contributed by atoms with Crippen LogP contribution >= 0.6 is 0 Å². The van der Waals surface area contributed by atoms with E-state index in [0.717, 1.165) is 22.6 Å². The molecule has 0 aliphatic carbocycles. The van der Waals surface area contributed by atoms with Gasteiger partial charge in [0.15, 0.2) is 6.73 Å². The van der Waals surface area contributed by atoms with Crippen LogP contribution in [0.25, 0.3) is 0 Å². The van der Waals surface area contributed by atoms with Crippen LogP contribution in [-0.2, 0) is 14.3 Å². The molecule has 0 unspecified atom stereocenters. The molecule has 2 aromatic rings. The molecule has 1 saturated heterocycles. The highest BCUT2D eigenvalue weighted by molar-refractivity contribution is 6.21. The molecule has 0 N–H and O–H groups in total. The summed E-state index contributed by atoms with van der Waals surface area (Å²) in [6.45, 7) is 3.95. The average Bonchev–Trinajstić information content (AvgIpc) is 3.29. The maximum Gasteiger partial charge on any atom is 0.313 e. The van der Waals surface area contributed by atoms with Crippen LogP contribution in [0.5, 0.6) is 0 Å². The number of imide groups is 1. The lowest BCUT2D eigenvalue weighted by Gasteiger charge is -2.23. The van der Waals surface area contributed by atoms with E-state index in [9.17, 15) is 19.2 Å². The Kier molecular flexibility index (Phi) is 5.59. The van der Waals surface area contributed by atoms with Crippen molar-refractivity contribution >= 4 is 29.4 Å². The van der Waals surface area contributed by atoms with E-state index >= 15 is 0 Å². The second-order valence-electron chi connectivity index (χ2n) is 7.95. The summed E-state index contributed by atoms with van der Waals surface area (Å²) in [5.74, 6) is -2.07. The van der Waals surface area contributed by atoms with E-state index in [-0.39, 0.29) is 24.8 Å². The van der Waals surface area contributed by atoms with E-state index in [1.165, 1.54) is 0 Å². The SMILES string of the molecule is CC[C@@H](C)c1ccccc1N1C[C@@H](C(=O)OCN2C(=O)c3ccccc3C2=O)CC1=O. The first-order valence-corrected chi connectivity index (χ1v) is 10.4. The largest absolute Gasteiger partial charge is 0.443 e. The lowest BCUT2D eigenvalue weighted by Crippen LogP contribution is -2.35. The third kappa shape index (κ3) is 3.71. The van der Waals surface area contributed by atoms with E-state index in [1.807, 2.05) is 24.3 Å². The van der Waals surface area contributed by atoms with Crippen molar-refractivity contribution in [2.45, 2.75) is 32.6 Å². The monoisotopic (exact) mass is 420 g/mol. The molecule has 4 rings (SSSR count). The number of fused-ring (bicyclic) bond motifs is 1. The number of esters is 1. The molecule has 0 spiro atoms. The Morgan fingerprint density at radius 1 is 1.03 bits per heavy atom. The van der Waals surface area contributed by atoms with Crippen molar-refractivity contribution in [2.75, 3.05) is 18.2 Å². The van der Waals surface area contributed by atoms with E-state index in [0.29, 0.717) is 11.1 Å². The highest BCUT2D eigenvalue weighted by Gasteiger charge is 2.39. The number of ether oxygens (including phenoxy) is 1. The van der Waals surface area contributed by atoms with Crippen LogP contribution in [0.3, 0.4) is 0 Å². The fourth-order valence-electron chi connectivity index (χ4n) is 4.07. The first kappa shape index (κ1) is 20.8. The number of amides is 3. The predicted octanol–water partition coefficient (Wildman–Crippen LogP) is 3.35. The van der Waals surface area contributed by atoms with Crippen LogP contribution in [0.1, 0.15) is 58.9 Å². The van der Waals surface area contributed by atoms with Gasteiger partial charge in [0.05, 0.1) is 17.0 Å². The zero-order valence-electron chi connectivity index (χ0n) is 17.5. The molecule has 0 aromatic heterocycles. The van der Waals surface area contributed by atoms with Crippen molar-refractivity contribution in [3.05, 3.63) is 65.2 Å². The first-order valence-electron chi connectivity index (χ1n) is 10.4. The minimum Gasteiger partial charge on any atom is -0.443 e. The van der Waals surface area contributed by atoms with Crippen molar-refractivity contribution in [1.82, 2.24) is 4.90 Å². The van der Waals surface area contributed by atoms with Gasteiger partial charge >= 0.3 is 5.97 Å². The third-order valence-electron chi connectivity index (χ3n) is 6.04. The normalized spacial score (nSPS) is 19.0. The number of anilines is 1. The maximum atomic E-state index is 12.7. The molecule has 2 aromatic carbocycles. The van der Waals surface area contributed by atoms with Crippen molar-refractivity contribution in [2.24, 2.45) is 5.92 Å². The fraction of sp³-hybridized carbons (Fsp3) is 0.333. The summed E-state index contributed by atoms with van der Waals surface area (Å²) >= 11 is 0. The standard InChI is InChI=1S/C24H24N2O5/c1-3-15(2)17-8-6-7-11-20(17)25-13-16(12-21(25)27)24(30)31-14-26-22(28)18-9-4-5-10-19(18)23(26)29/h4-11,15-16H,3,12-14H2,1-2H3/t15-,16+/m1/s1. The van der Waals surface area contributed by atoms with Crippen LogP contribution in [0.15, 0.2) is 48.5 Å². The molecule has 0 saturated carbocycles. The van der Waals surface area contributed by atoms with Gasteiger partial charge in [-0.1, -0.05) is 44.2 Å². The van der Waals surface area contributed by atoms with Gasteiger partial charge in [0, 0.05) is 18.7 Å². The Hall–Kier alpha value is -3.48. The Morgan fingerprint density at radius 3 is 2.29 bits per heavy atom. The number of nitrogens with zero attached hydrogens (tertiary/aromatic N) is 2. The highest BCUT2D eigenvalue weighted by atomic mass is 16.5. The van der Waals surface area contributed by atoms with Crippen LogP contribution in [0, 0.1) is 5.92 Å². The number of hydrogen-bond acceptors (Lipinski definition) is 5. The molecule has 7 heteroatoms. The zero-order valence-corrected chi connectivity index (χ0v) is 17.5. The summed E-state index contributed by atoms with van der Waals surface area (Å²) < 4.78 is 5.28. The summed E-state index contributed by atoms with van der Waals surface area (Å²) in [6, 6.07) is 14.2.